The Labute approximate surface area is 170 Å². The van der Waals surface area contributed by atoms with E-state index in [0.717, 1.165) is 11.1 Å². The van der Waals surface area contributed by atoms with E-state index in [0.29, 0.717) is 5.75 Å². The number of hydrogen-bond acceptors (Lipinski definition) is 5. The number of benzene rings is 2. The van der Waals surface area contributed by atoms with E-state index in [1.807, 2.05) is 12.1 Å². The molecular formula is C22H27FN2O4. The van der Waals surface area contributed by atoms with Crippen LogP contribution in [0.5, 0.6) is 5.75 Å². The number of oxime groups is 1. The van der Waals surface area contributed by atoms with E-state index in [4.69, 9.17) is 14.7 Å². The molecule has 0 fully saturated rings. The molecule has 0 aromatic heterocycles. The number of halogens is 1. The second-order valence-electron chi connectivity index (χ2n) is 7.68. The molecule has 2 aromatic carbocycles. The summed E-state index contributed by atoms with van der Waals surface area (Å²) in [6, 6.07) is 13.0. The average Bonchev–Trinajstić information content (AvgIpc) is 2.64. The molecule has 0 spiro atoms. The molecular weight excluding hydrogens is 375 g/mol. The summed E-state index contributed by atoms with van der Waals surface area (Å²) in [6.07, 6.45) is 0.761. The molecule has 0 saturated carbocycles. The van der Waals surface area contributed by atoms with E-state index in [9.17, 15) is 9.18 Å². The van der Waals surface area contributed by atoms with Gasteiger partial charge in [0.1, 0.15) is 23.8 Å². The lowest BCUT2D eigenvalue weighted by Gasteiger charge is -2.30. The van der Waals surface area contributed by atoms with Gasteiger partial charge in [-0.25, -0.2) is 9.18 Å². The van der Waals surface area contributed by atoms with Crippen molar-refractivity contribution >= 4 is 12.3 Å². The van der Waals surface area contributed by atoms with E-state index in [1.54, 1.807) is 52.0 Å². The van der Waals surface area contributed by atoms with Gasteiger partial charge in [0, 0.05) is 6.54 Å². The van der Waals surface area contributed by atoms with E-state index in [1.165, 1.54) is 23.2 Å². The maximum absolute atomic E-state index is 13.2. The molecule has 29 heavy (non-hydrogen) atoms. The van der Waals surface area contributed by atoms with Crippen LogP contribution in [0, 0.1) is 5.82 Å². The fraction of sp³-hybridized carbons (Fsp3) is 0.364. The normalized spacial score (nSPS) is 12.6. The van der Waals surface area contributed by atoms with Crippen LogP contribution in [-0.2, 0) is 17.9 Å². The van der Waals surface area contributed by atoms with Crippen LogP contribution in [0.15, 0.2) is 53.7 Å². The number of carbonyl (C=O) groups is 1. The van der Waals surface area contributed by atoms with Crippen LogP contribution < -0.4 is 4.74 Å². The summed E-state index contributed by atoms with van der Waals surface area (Å²) >= 11 is 0. The Bertz CT molecular complexity index is 831. The van der Waals surface area contributed by atoms with Crippen molar-refractivity contribution in [1.29, 1.82) is 0 Å². The van der Waals surface area contributed by atoms with Gasteiger partial charge in [0.25, 0.3) is 0 Å². The number of nitrogens with zero attached hydrogens (tertiary/aromatic N) is 2. The molecule has 6 nitrogen and oxygen atoms in total. The van der Waals surface area contributed by atoms with Gasteiger partial charge in [0.05, 0.1) is 12.3 Å². The van der Waals surface area contributed by atoms with Gasteiger partial charge >= 0.3 is 6.09 Å². The molecule has 7 heteroatoms. The van der Waals surface area contributed by atoms with Crippen molar-refractivity contribution in [1.82, 2.24) is 4.90 Å². The van der Waals surface area contributed by atoms with Crippen molar-refractivity contribution in [3.8, 4) is 5.75 Å². The highest BCUT2D eigenvalue weighted by Gasteiger charge is 2.25. The molecule has 0 radical (unpaired) electrons. The van der Waals surface area contributed by atoms with Gasteiger partial charge in [-0.1, -0.05) is 29.4 Å². The summed E-state index contributed by atoms with van der Waals surface area (Å²) in [5.41, 5.74) is 0.953. The van der Waals surface area contributed by atoms with Crippen LogP contribution in [0.3, 0.4) is 0 Å². The first kappa shape index (κ1) is 22.2. The van der Waals surface area contributed by atoms with Gasteiger partial charge in [0.15, 0.2) is 0 Å². The molecule has 1 atom stereocenters. The molecule has 2 aromatic rings. The number of ether oxygens (including phenoxy) is 2. The van der Waals surface area contributed by atoms with Crippen molar-refractivity contribution < 1.29 is 23.9 Å². The average molecular weight is 402 g/mol. The number of hydrogen-bond donors (Lipinski definition) is 1. The molecule has 0 aliphatic heterocycles. The van der Waals surface area contributed by atoms with Crippen LogP contribution in [0.1, 0.15) is 38.8 Å². The molecule has 0 aliphatic carbocycles. The Morgan fingerprint density at radius 2 is 1.90 bits per heavy atom. The van der Waals surface area contributed by atoms with E-state index in [2.05, 4.69) is 5.16 Å². The highest BCUT2D eigenvalue weighted by Crippen LogP contribution is 2.18. The van der Waals surface area contributed by atoms with Crippen LogP contribution in [-0.4, -0.2) is 34.1 Å². The number of carbonyl (C=O) groups excluding carboxylic acids is 1. The first-order valence-corrected chi connectivity index (χ1v) is 9.31. The van der Waals surface area contributed by atoms with Gasteiger partial charge < -0.3 is 14.7 Å². The summed E-state index contributed by atoms with van der Waals surface area (Å²) in [6.45, 7) is 7.63. The van der Waals surface area contributed by atoms with Crippen molar-refractivity contribution in [2.24, 2.45) is 5.16 Å². The highest BCUT2D eigenvalue weighted by molar-refractivity contribution is 5.75. The Morgan fingerprint density at radius 3 is 2.48 bits per heavy atom. The predicted octanol–water partition coefficient (Wildman–Crippen LogP) is 4.99. The lowest BCUT2D eigenvalue weighted by Crippen LogP contribution is -2.42. The smallest absolute Gasteiger partial charge is 0.411 e. The largest absolute Gasteiger partial charge is 0.489 e. The Hall–Kier alpha value is -3.09. The second kappa shape index (κ2) is 9.91. The maximum Gasteiger partial charge on any atom is 0.411 e. The Morgan fingerprint density at radius 1 is 1.21 bits per heavy atom. The minimum Gasteiger partial charge on any atom is -0.489 e. The predicted molar refractivity (Wildman–Crippen MR) is 109 cm³/mol. The molecule has 1 N–H and O–H groups in total. The second-order valence-corrected chi connectivity index (χ2v) is 7.68. The first-order valence-electron chi connectivity index (χ1n) is 9.31. The van der Waals surface area contributed by atoms with Gasteiger partial charge in [0.2, 0.25) is 0 Å². The van der Waals surface area contributed by atoms with Gasteiger partial charge in [-0.2, -0.15) is 0 Å². The van der Waals surface area contributed by atoms with Crippen LogP contribution in [0.25, 0.3) is 0 Å². The van der Waals surface area contributed by atoms with Crippen LogP contribution in [0.2, 0.25) is 0 Å². The van der Waals surface area contributed by atoms with Crippen molar-refractivity contribution in [2.45, 2.75) is 52.5 Å². The topological polar surface area (TPSA) is 71.4 Å². The molecule has 1 unspecified atom stereocenters. The molecule has 2 rings (SSSR count). The van der Waals surface area contributed by atoms with Crippen molar-refractivity contribution in [3.05, 3.63) is 65.5 Å². The summed E-state index contributed by atoms with van der Waals surface area (Å²) < 4.78 is 24.4. The monoisotopic (exact) mass is 402 g/mol. The SMILES string of the molecule is CC(C=NO)N(Cc1ccc(OCc2cccc(F)c2)cc1)C(=O)OC(C)(C)C. The third-order valence-electron chi connectivity index (χ3n) is 3.97. The zero-order valence-corrected chi connectivity index (χ0v) is 17.1. The lowest BCUT2D eigenvalue weighted by molar-refractivity contribution is 0.0208. The third-order valence-corrected chi connectivity index (χ3v) is 3.97. The van der Waals surface area contributed by atoms with E-state index in [-0.39, 0.29) is 19.0 Å². The minimum atomic E-state index is -0.639. The van der Waals surface area contributed by atoms with Gasteiger partial charge in [-0.15, -0.1) is 0 Å². The van der Waals surface area contributed by atoms with Crippen molar-refractivity contribution in [3.63, 3.8) is 0 Å². The molecule has 156 valence electrons. The number of amides is 1. The van der Waals surface area contributed by atoms with Crippen LogP contribution >= 0.6 is 0 Å². The summed E-state index contributed by atoms with van der Waals surface area (Å²) in [5, 5.41) is 11.9. The van der Waals surface area contributed by atoms with E-state index < -0.39 is 17.7 Å². The third kappa shape index (κ3) is 7.44. The summed E-state index contributed by atoms with van der Waals surface area (Å²) in [7, 11) is 0. The molecule has 1 amide bonds. The minimum absolute atomic E-state index is 0.255. The summed E-state index contributed by atoms with van der Waals surface area (Å²) in [5.74, 6) is 0.330. The fourth-order valence-corrected chi connectivity index (χ4v) is 2.55. The lowest BCUT2D eigenvalue weighted by atomic mass is 10.1. The van der Waals surface area contributed by atoms with Crippen molar-refractivity contribution in [2.75, 3.05) is 0 Å². The Balaban J connectivity index is 2.04. The van der Waals surface area contributed by atoms with Gasteiger partial charge in [-0.05, 0) is 63.1 Å². The molecule has 0 heterocycles. The molecule has 0 saturated heterocycles. The quantitative estimate of drug-likeness (QED) is 0.402. The number of rotatable bonds is 7. The molecule has 0 aliphatic rings. The fourth-order valence-electron chi connectivity index (χ4n) is 2.55. The van der Waals surface area contributed by atoms with E-state index >= 15 is 0 Å². The van der Waals surface area contributed by atoms with Gasteiger partial charge in [-0.3, -0.25) is 4.90 Å². The summed E-state index contributed by atoms with van der Waals surface area (Å²) in [4.78, 5) is 14.0. The molecule has 0 bridgehead atoms. The highest BCUT2D eigenvalue weighted by atomic mass is 19.1. The first-order chi connectivity index (χ1) is 13.7. The van der Waals surface area contributed by atoms with Crippen LogP contribution in [0.4, 0.5) is 9.18 Å². The zero-order chi connectivity index (χ0) is 21.4. The standard InChI is InChI=1S/C22H27FN2O4/c1-16(13-24-27)25(21(26)29-22(2,3)4)14-17-8-10-20(11-9-17)28-15-18-6-5-7-19(23)12-18/h5-13,16,27H,14-15H2,1-4H3. The zero-order valence-electron chi connectivity index (χ0n) is 17.1. The maximum atomic E-state index is 13.2. The Kier molecular flexibility index (Phi) is 7.59.